The highest BCUT2D eigenvalue weighted by molar-refractivity contribution is 6.31. The van der Waals surface area contributed by atoms with Crippen molar-refractivity contribution in [2.24, 2.45) is 0 Å². The molecular formula is C20H21ClN2O3. The van der Waals surface area contributed by atoms with E-state index in [1.807, 2.05) is 30.3 Å². The van der Waals surface area contributed by atoms with Crippen molar-refractivity contribution in [3.63, 3.8) is 0 Å². The summed E-state index contributed by atoms with van der Waals surface area (Å²) in [7, 11) is 0. The summed E-state index contributed by atoms with van der Waals surface area (Å²) in [4.78, 5) is 15.0. The molecule has 4 rings (SSSR count). The van der Waals surface area contributed by atoms with Gasteiger partial charge in [0, 0.05) is 18.1 Å². The summed E-state index contributed by atoms with van der Waals surface area (Å²) in [5, 5.41) is 3.57. The van der Waals surface area contributed by atoms with E-state index >= 15 is 0 Å². The predicted molar refractivity (Wildman–Crippen MR) is 102 cm³/mol. The van der Waals surface area contributed by atoms with E-state index in [0.29, 0.717) is 22.2 Å². The molecule has 1 amide bonds. The van der Waals surface area contributed by atoms with Gasteiger partial charge >= 0.3 is 0 Å². The molecule has 2 aromatic carbocycles. The number of anilines is 2. The summed E-state index contributed by atoms with van der Waals surface area (Å²) in [6.07, 6.45) is 2.87. The first-order valence-corrected chi connectivity index (χ1v) is 9.32. The molecule has 0 saturated carbocycles. The molecule has 2 heterocycles. The predicted octanol–water partition coefficient (Wildman–Crippen LogP) is 4.11. The van der Waals surface area contributed by atoms with Crippen LogP contribution in [0.4, 0.5) is 11.4 Å². The van der Waals surface area contributed by atoms with Gasteiger partial charge in [0.15, 0.2) is 11.5 Å². The molecule has 1 fully saturated rings. The second kappa shape index (κ2) is 7.46. The third-order valence-electron chi connectivity index (χ3n) is 4.71. The van der Waals surface area contributed by atoms with Crippen LogP contribution >= 0.6 is 11.6 Å². The molecule has 2 aliphatic heterocycles. The largest absolute Gasteiger partial charge is 0.485 e. The fourth-order valence-electron chi connectivity index (χ4n) is 3.38. The molecule has 0 spiro atoms. The Kier molecular flexibility index (Phi) is 4.89. The molecule has 0 unspecified atom stereocenters. The van der Waals surface area contributed by atoms with Gasteiger partial charge in [-0.15, -0.1) is 0 Å². The molecule has 0 radical (unpaired) electrons. The Bertz CT molecular complexity index is 805. The highest BCUT2D eigenvalue weighted by Gasteiger charge is 2.28. The van der Waals surface area contributed by atoms with Crippen molar-refractivity contribution < 1.29 is 14.3 Å². The highest BCUT2D eigenvalue weighted by Crippen LogP contribution is 2.33. The lowest BCUT2D eigenvalue weighted by atomic mass is 10.1. The lowest BCUT2D eigenvalue weighted by Crippen LogP contribution is -2.40. The molecule has 0 aromatic heterocycles. The minimum absolute atomic E-state index is 0.183. The van der Waals surface area contributed by atoms with E-state index in [-0.39, 0.29) is 12.5 Å². The molecule has 5 nitrogen and oxygen atoms in total. The quantitative estimate of drug-likeness (QED) is 0.880. The normalized spacial score (nSPS) is 19.1. The average Bonchev–Trinajstić information content (AvgIpc) is 2.68. The van der Waals surface area contributed by atoms with Crippen molar-refractivity contribution >= 4 is 28.9 Å². The van der Waals surface area contributed by atoms with Crippen LogP contribution in [0.15, 0.2) is 42.5 Å². The number of nitrogens with zero attached hydrogens (tertiary/aromatic N) is 1. The average molecular weight is 373 g/mol. The molecule has 1 saturated heterocycles. The van der Waals surface area contributed by atoms with Gasteiger partial charge in [0.05, 0.1) is 11.4 Å². The van der Waals surface area contributed by atoms with Gasteiger partial charge in [-0.3, -0.25) is 4.79 Å². The van der Waals surface area contributed by atoms with Crippen LogP contribution in [0.2, 0.25) is 5.02 Å². The van der Waals surface area contributed by atoms with Gasteiger partial charge in [-0.2, -0.15) is 0 Å². The van der Waals surface area contributed by atoms with Gasteiger partial charge in [0.25, 0.3) is 5.91 Å². The number of para-hydroxylation sites is 2. The number of ether oxygens (including phenoxy) is 2. The van der Waals surface area contributed by atoms with Gasteiger partial charge in [-0.25, -0.2) is 0 Å². The number of fused-ring (bicyclic) bond motifs is 1. The van der Waals surface area contributed by atoms with Gasteiger partial charge in [0.1, 0.15) is 6.61 Å². The Morgan fingerprint density at radius 2 is 1.85 bits per heavy atom. The third kappa shape index (κ3) is 3.58. The van der Waals surface area contributed by atoms with E-state index in [2.05, 4.69) is 10.2 Å². The Morgan fingerprint density at radius 1 is 1.08 bits per heavy atom. The maximum Gasteiger partial charge on any atom is 0.269 e. The van der Waals surface area contributed by atoms with Gasteiger partial charge < -0.3 is 19.7 Å². The van der Waals surface area contributed by atoms with Crippen LogP contribution in [0.1, 0.15) is 19.3 Å². The van der Waals surface area contributed by atoms with E-state index in [1.165, 1.54) is 6.42 Å². The molecule has 0 bridgehead atoms. The molecule has 136 valence electrons. The molecule has 2 aliphatic rings. The monoisotopic (exact) mass is 372 g/mol. The number of benzene rings is 2. The van der Waals surface area contributed by atoms with Crippen LogP contribution in [0.25, 0.3) is 0 Å². The summed E-state index contributed by atoms with van der Waals surface area (Å²) in [6, 6.07) is 13.0. The van der Waals surface area contributed by atoms with Crippen LogP contribution in [0.5, 0.6) is 11.5 Å². The zero-order valence-corrected chi connectivity index (χ0v) is 15.2. The van der Waals surface area contributed by atoms with Crippen LogP contribution in [-0.2, 0) is 4.79 Å². The lowest BCUT2D eigenvalue weighted by Gasteiger charge is -2.31. The lowest BCUT2D eigenvalue weighted by molar-refractivity contribution is -0.125. The number of amides is 1. The molecular weight excluding hydrogens is 352 g/mol. The van der Waals surface area contributed by atoms with Crippen molar-refractivity contribution in [1.29, 1.82) is 0 Å². The van der Waals surface area contributed by atoms with E-state index in [9.17, 15) is 4.79 Å². The van der Waals surface area contributed by atoms with E-state index in [1.54, 1.807) is 12.1 Å². The van der Waals surface area contributed by atoms with Crippen LogP contribution < -0.4 is 19.7 Å². The summed E-state index contributed by atoms with van der Waals surface area (Å²) < 4.78 is 11.4. The van der Waals surface area contributed by atoms with Crippen LogP contribution in [0.3, 0.4) is 0 Å². The summed E-state index contributed by atoms with van der Waals surface area (Å²) in [6.45, 7) is 2.16. The van der Waals surface area contributed by atoms with E-state index < -0.39 is 6.10 Å². The first-order chi connectivity index (χ1) is 12.7. The Hall–Kier alpha value is -2.40. The minimum Gasteiger partial charge on any atom is -0.485 e. The van der Waals surface area contributed by atoms with Gasteiger partial charge in [0.2, 0.25) is 6.10 Å². The Balaban J connectivity index is 1.52. The smallest absolute Gasteiger partial charge is 0.269 e. The first kappa shape index (κ1) is 17.0. The van der Waals surface area contributed by atoms with E-state index in [0.717, 1.165) is 31.6 Å². The van der Waals surface area contributed by atoms with Gasteiger partial charge in [-0.05, 0) is 49.6 Å². The summed E-state index contributed by atoms with van der Waals surface area (Å²) in [5.74, 6) is 1.01. The number of rotatable bonds is 3. The number of carbonyl (C=O) groups is 1. The Labute approximate surface area is 157 Å². The van der Waals surface area contributed by atoms with Crippen molar-refractivity contribution in [2.45, 2.75) is 25.4 Å². The number of hydrogen-bond donors (Lipinski definition) is 1. The zero-order chi connectivity index (χ0) is 17.9. The second-order valence-corrected chi connectivity index (χ2v) is 7.00. The van der Waals surface area contributed by atoms with Crippen molar-refractivity contribution in [1.82, 2.24) is 0 Å². The first-order valence-electron chi connectivity index (χ1n) is 8.94. The number of carbonyl (C=O) groups excluding carboxylic acids is 1. The fraction of sp³-hybridized carbons (Fsp3) is 0.350. The zero-order valence-electron chi connectivity index (χ0n) is 14.4. The van der Waals surface area contributed by atoms with Gasteiger partial charge in [-0.1, -0.05) is 23.7 Å². The number of piperidine rings is 1. The molecule has 26 heavy (non-hydrogen) atoms. The summed E-state index contributed by atoms with van der Waals surface area (Å²) in [5.41, 5.74) is 1.71. The van der Waals surface area contributed by atoms with Crippen LogP contribution in [0, 0.1) is 0 Å². The van der Waals surface area contributed by atoms with Crippen molar-refractivity contribution in [3.05, 3.63) is 47.5 Å². The van der Waals surface area contributed by atoms with Crippen LogP contribution in [-0.4, -0.2) is 31.7 Å². The SMILES string of the molecule is O=C(Nc1cc(Cl)ccc1N1CCCCC1)[C@@H]1COc2ccccc2O1. The molecule has 0 aliphatic carbocycles. The highest BCUT2D eigenvalue weighted by atomic mass is 35.5. The molecule has 2 aromatic rings. The minimum atomic E-state index is -0.696. The Morgan fingerprint density at radius 3 is 2.65 bits per heavy atom. The van der Waals surface area contributed by atoms with Crippen molar-refractivity contribution in [3.8, 4) is 11.5 Å². The van der Waals surface area contributed by atoms with Crippen molar-refractivity contribution in [2.75, 3.05) is 29.9 Å². The number of nitrogens with one attached hydrogen (secondary N) is 1. The third-order valence-corrected chi connectivity index (χ3v) is 4.95. The number of hydrogen-bond acceptors (Lipinski definition) is 4. The van der Waals surface area contributed by atoms with E-state index in [4.69, 9.17) is 21.1 Å². The maximum absolute atomic E-state index is 12.7. The number of halogens is 1. The molecule has 1 N–H and O–H groups in total. The molecule has 1 atom stereocenters. The summed E-state index contributed by atoms with van der Waals surface area (Å²) >= 11 is 6.17. The second-order valence-electron chi connectivity index (χ2n) is 6.56. The topological polar surface area (TPSA) is 50.8 Å². The maximum atomic E-state index is 12.7. The fourth-order valence-corrected chi connectivity index (χ4v) is 3.55. The molecule has 6 heteroatoms. The standard InChI is InChI=1S/C20H21ClN2O3/c21-14-8-9-16(23-10-4-1-5-11-23)15(12-14)22-20(24)19-13-25-17-6-2-3-7-18(17)26-19/h2-3,6-9,12,19H,1,4-5,10-11,13H2,(H,22,24)/t19-/m0/s1.